The van der Waals surface area contributed by atoms with Gasteiger partial charge in [0.05, 0.1) is 0 Å². The average Bonchev–Trinajstić information content (AvgIpc) is 2.55. The van der Waals surface area contributed by atoms with Crippen LogP contribution in [0.2, 0.25) is 0 Å². The fraction of sp³-hybridized carbons (Fsp3) is 0.143. The molecule has 11 heavy (non-hydrogen) atoms. The summed E-state index contributed by atoms with van der Waals surface area (Å²) in [5.74, 6) is 0.832. The van der Waals surface area contributed by atoms with Crippen LogP contribution in [-0.2, 0) is 0 Å². The maximum atomic E-state index is 4.22. The molecule has 0 unspecified atom stereocenters. The van der Waals surface area contributed by atoms with Crippen LogP contribution >= 0.6 is 11.5 Å². The van der Waals surface area contributed by atoms with E-state index in [1.807, 2.05) is 36.0 Å². The Balaban J connectivity index is 2.45. The molecule has 0 aliphatic carbocycles. The molecule has 2 aromatic rings. The topological polar surface area (TPSA) is 30.7 Å². The third-order valence-corrected chi connectivity index (χ3v) is 2.16. The van der Waals surface area contributed by atoms with E-state index in [9.17, 15) is 0 Å². The van der Waals surface area contributed by atoms with E-state index in [1.165, 1.54) is 11.5 Å². The molecule has 2 rings (SSSR count). The Morgan fingerprint density at radius 3 is 2.64 bits per heavy atom. The molecule has 56 valence electrons. The maximum Gasteiger partial charge on any atom is 0.213 e. The van der Waals surface area contributed by atoms with Crippen molar-refractivity contribution in [2.24, 2.45) is 0 Å². The molecule has 0 bridgehead atoms. The number of hydrogen-bond donors (Lipinski definition) is 0. The zero-order chi connectivity index (χ0) is 7.68. The van der Waals surface area contributed by atoms with Crippen LogP contribution in [0.15, 0.2) is 24.5 Å². The molecule has 0 saturated heterocycles. The Bertz CT molecular complexity index is 336. The fourth-order valence-corrected chi connectivity index (χ4v) is 1.50. The lowest BCUT2D eigenvalue weighted by atomic mass is 10.7. The minimum Gasteiger partial charge on any atom is -0.299 e. The molecule has 3 nitrogen and oxygen atoms in total. The van der Waals surface area contributed by atoms with Gasteiger partial charge in [0.1, 0.15) is 5.82 Å². The minimum atomic E-state index is 0.832. The van der Waals surface area contributed by atoms with Crippen molar-refractivity contribution in [2.75, 3.05) is 0 Å². The molecular weight excluding hydrogens is 158 g/mol. The van der Waals surface area contributed by atoms with Gasteiger partial charge in [-0.3, -0.25) is 4.57 Å². The van der Waals surface area contributed by atoms with Crippen molar-refractivity contribution < 1.29 is 0 Å². The molecule has 0 radical (unpaired) electrons. The molecule has 0 aliphatic heterocycles. The monoisotopic (exact) mass is 165 g/mol. The van der Waals surface area contributed by atoms with Crippen molar-refractivity contribution in [2.45, 2.75) is 6.92 Å². The van der Waals surface area contributed by atoms with E-state index in [-0.39, 0.29) is 0 Å². The largest absolute Gasteiger partial charge is 0.299 e. The van der Waals surface area contributed by atoms with Crippen LogP contribution in [0, 0.1) is 6.92 Å². The summed E-state index contributed by atoms with van der Waals surface area (Å²) in [6, 6.07) is 3.94. The van der Waals surface area contributed by atoms with Crippen molar-refractivity contribution in [3.63, 3.8) is 0 Å². The van der Waals surface area contributed by atoms with Crippen LogP contribution in [0.5, 0.6) is 0 Å². The predicted molar refractivity (Wildman–Crippen MR) is 44.0 cm³/mol. The van der Waals surface area contributed by atoms with Crippen molar-refractivity contribution in [3.05, 3.63) is 30.4 Å². The molecule has 0 fully saturated rings. The Morgan fingerprint density at radius 1 is 1.36 bits per heavy atom. The zero-order valence-corrected chi connectivity index (χ0v) is 6.88. The first kappa shape index (κ1) is 6.54. The third kappa shape index (κ3) is 1.17. The first-order valence-corrected chi connectivity index (χ1v) is 4.07. The predicted octanol–water partition coefficient (Wildman–Crippen LogP) is 1.64. The van der Waals surface area contributed by atoms with Gasteiger partial charge in [-0.15, -0.1) is 0 Å². The highest BCUT2D eigenvalue weighted by molar-refractivity contribution is 7.08. The summed E-state index contributed by atoms with van der Waals surface area (Å²) in [4.78, 5) is 4.22. The molecule has 0 amide bonds. The Hall–Kier alpha value is -1.16. The summed E-state index contributed by atoms with van der Waals surface area (Å²) in [6.07, 6.45) is 3.92. The van der Waals surface area contributed by atoms with E-state index >= 15 is 0 Å². The molecule has 2 heterocycles. The molecular formula is C7H7N3S. The minimum absolute atomic E-state index is 0.832. The van der Waals surface area contributed by atoms with Crippen molar-refractivity contribution in [3.8, 4) is 5.13 Å². The summed E-state index contributed by atoms with van der Waals surface area (Å²) in [5.41, 5.74) is 0. The van der Waals surface area contributed by atoms with Crippen LogP contribution in [0.3, 0.4) is 0 Å². The Labute approximate surface area is 68.5 Å². The molecule has 0 aliphatic rings. The fourth-order valence-electron chi connectivity index (χ4n) is 0.853. The molecule has 0 spiro atoms. The number of aryl methyl sites for hydroxylation is 1. The third-order valence-electron chi connectivity index (χ3n) is 1.34. The maximum absolute atomic E-state index is 4.22. The van der Waals surface area contributed by atoms with E-state index in [2.05, 4.69) is 9.36 Å². The van der Waals surface area contributed by atoms with Crippen molar-refractivity contribution in [1.82, 2.24) is 13.9 Å². The van der Waals surface area contributed by atoms with Crippen LogP contribution in [0.4, 0.5) is 0 Å². The Morgan fingerprint density at radius 2 is 2.09 bits per heavy atom. The summed E-state index contributed by atoms with van der Waals surface area (Å²) in [6.45, 7) is 1.89. The standard InChI is InChI=1S/C7H7N3S/c1-6-8-7(11-9-6)10-4-2-3-5-10/h2-5H,1H3. The summed E-state index contributed by atoms with van der Waals surface area (Å²) >= 11 is 1.41. The van der Waals surface area contributed by atoms with Gasteiger partial charge >= 0.3 is 0 Å². The summed E-state index contributed by atoms with van der Waals surface area (Å²) in [5, 5.41) is 0.924. The highest BCUT2D eigenvalue weighted by atomic mass is 32.1. The Kier molecular flexibility index (Phi) is 1.47. The SMILES string of the molecule is Cc1nsc(-n2cccc2)n1. The number of rotatable bonds is 1. The van der Waals surface area contributed by atoms with E-state index in [0.29, 0.717) is 0 Å². The molecule has 0 aromatic carbocycles. The second-order valence-electron chi connectivity index (χ2n) is 2.21. The quantitative estimate of drug-likeness (QED) is 0.643. The van der Waals surface area contributed by atoms with Crippen LogP contribution in [-0.4, -0.2) is 13.9 Å². The molecule has 0 N–H and O–H groups in total. The molecule has 0 saturated carbocycles. The smallest absolute Gasteiger partial charge is 0.213 e. The second-order valence-corrected chi connectivity index (χ2v) is 2.94. The van der Waals surface area contributed by atoms with Gasteiger partial charge in [0, 0.05) is 23.9 Å². The van der Waals surface area contributed by atoms with Gasteiger partial charge in [-0.1, -0.05) is 0 Å². The van der Waals surface area contributed by atoms with E-state index in [4.69, 9.17) is 0 Å². The van der Waals surface area contributed by atoms with Gasteiger partial charge in [-0.05, 0) is 19.1 Å². The van der Waals surface area contributed by atoms with E-state index in [1.54, 1.807) is 0 Å². The van der Waals surface area contributed by atoms with E-state index in [0.717, 1.165) is 11.0 Å². The summed E-state index contributed by atoms with van der Waals surface area (Å²) in [7, 11) is 0. The van der Waals surface area contributed by atoms with Crippen molar-refractivity contribution >= 4 is 11.5 Å². The van der Waals surface area contributed by atoms with Crippen LogP contribution < -0.4 is 0 Å². The number of hydrogen-bond acceptors (Lipinski definition) is 3. The van der Waals surface area contributed by atoms with Gasteiger partial charge in [-0.25, -0.2) is 4.98 Å². The van der Waals surface area contributed by atoms with Crippen molar-refractivity contribution in [1.29, 1.82) is 0 Å². The van der Waals surface area contributed by atoms with Gasteiger partial charge in [0.15, 0.2) is 0 Å². The van der Waals surface area contributed by atoms with Gasteiger partial charge in [0.2, 0.25) is 5.13 Å². The first-order valence-electron chi connectivity index (χ1n) is 3.30. The lowest BCUT2D eigenvalue weighted by Crippen LogP contribution is -1.87. The lowest BCUT2D eigenvalue weighted by Gasteiger charge is -1.90. The molecule has 2 aromatic heterocycles. The number of nitrogens with zero attached hydrogens (tertiary/aromatic N) is 3. The lowest BCUT2D eigenvalue weighted by molar-refractivity contribution is 1.02. The summed E-state index contributed by atoms with van der Waals surface area (Å²) < 4.78 is 6.03. The second kappa shape index (κ2) is 2.47. The van der Waals surface area contributed by atoms with Gasteiger partial charge < -0.3 is 0 Å². The first-order chi connectivity index (χ1) is 5.36. The van der Waals surface area contributed by atoms with Gasteiger partial charge in [-0.2, -0.15) is 4.37 Å². The van der Waals surface area contributed by atoms with Gasteiger partial charge in [0.25, 0.3) is 0 Å². The average molecular weight is 165 g/mol. The molecule has 4 heteroatoms. The zero-order valence-electron chi connectivity index (χ0n) is 6.06. The highest BCUT2D eigenvalue weighted by Crippen LogP contribution is 2.09. The van der Waals surface area contributed by atoms with Crippen LogP contribution in [0.1, 0.15) is 5.82 Å². The normalized spacial score (nSPS) is 10.3. The number of aromatic nitrogens is 3. The highest BCUT2D eigenvalue weighted by Gasteiger charge is 1.99. The van der Waals surface area contributed by atoms with E-state index < -0.39 is 0 Å². The molecule has 0 atom stereocenters. The van der Waals surface area contributed by atoms with Crippen LogP contribution in [0.25, 0.3) is 5.13 Å².